The van der Waals surface area contributed by atoms with Gasteiger partial charge in [-0.1, -0.05) is 30.3 Å². The molecule has 2 nitrogen and oxygen atoms in total. The van der Waals surface area contributed by atoms with Crippen LogP contribution in [-0.2, 0) is 7.05 Å². The van der Waals surface area contributed by atoms with E-state index in [1.807, 2.05) is 24.3 Å². The molecule has 100 valence electrons. The van der Waals surface area contributed by atoms with Crippen LogP contribution in [0.4, 0.5) is 4.39 Å². The lowest BCUT2D eigenvalue weighted by Crippen LogP contribution is -2.20. The standard InChI is InChI=1S/C16H11FINO/c1-19-13-5-3-2-4-12(13)14(15(18)16(19)20)10-6-8-11(17)9-7-10/h2-9H,1H3. The first kappa shape index (κ1) is 13.3. The zero-order valence-electron chi connectivity index (χ0n) is 10.7. The molecule has 4 heteroatoms. The SMILES string of the molecule is Cn1c(=O)c(I)c(-c2ccc(F)cc2)c2ccccc21. The quantitative estimate of drug-likeness (QED) is 0.587. The third kappa shape index (κ3) is 2.04. The van der Waals surface area contributed by atoms with Gasteiger partial charge in [0.1, 0.15) is 5.82 Å². The molecule has 2 aromatic carbocycles. The molecule has 0 saturated carbocycles. The molecular formula is C16H11FINO. The smallest absolute Gasteiger partial charge is 0.264 e. The van der Waals surface area contributed by atoms with Crippen molar-refractivity contribution in [1.29, 1.82) is 0 Å². The molecule has 0 unspecified atom stereocenters. The number of aromatic nitrogens is 1. The van der Waals surface area contributed by atoms with Gasteiger partial charge in [0.25, 0.3) is 5.56 Å². The number of pyridine rings is 1. The van der Waals surface area contributed by atoms with Crippen LogP contribution in [0.3, 0.4) is 0 Å². The Balaban J connectivity index is 2.46. The van der Waals surface area contributed by atoms with Gasteiger partial charge in [-0.05, 0) is 46.4 Å². The number of hydrogen-bond donors (Lipinski definition) is 0. The van der Waals surface area contributed by atoms with Gasteiger partial charge < -0.3 is 4.57 Å². The van der Waals surface area contributed by atoms with Crippen molar-refractivity contribution in [3.63, 3.8) is 0 Å². The largest absolute Gasteiger partial charge is 0.310 e. The number of rotatable bonds is 1. The summed E-state index contributed by atoms with van der Waals surface area (Å²) >= 11 is 2.06. The molecular weight excluding hydrogens is 368 g/mol. The van der Waals surface area contributed by atoms with Crippen molar-refractivity contribution in [3.05, 3.63) is 68.3 Å². The minimum Gasteiger partial charge on any atom is -0.310 e. The zero-order chi connectivity index (χ0) is 14.3. The molecule has 0 amide bonds. The monoisotopic (exact) mass is 379 g/mol. The molecule has 0 atom stereocenters. The first-order valence-corrected chi connectivity index (χ1v) is 7.20. The van der Waals surface area contributed by atoms with Crippen LogP contribution in [0.15, 0.2) is 53.3 Å². The van der Waals surface area contributed by atoms with E-state index in [1.165, 1.54) is 12.1 Å². The lowest BCUT2D eigenvalue weighted by molar-refractivity contribution is 0.628. The van der Waals surface area contributed by atoms with Crippen molar-refractivity contribution in [3.8, 4) is 11.1 Å². The summed E-state index contributed by atoms with van der Waals surface area (Å²) < 4.78 is 15.4. The predicted molar refractivity (Wildman–Crippen MR) is 87.3 cm³/mol. The number of aryl methyl sites for hydroxylation is 1. The summed E-state index contributed by atoms with van der Waals surface area (Å²) in [5.74, 6) is -0.281. The van der Waals surface area contributed by atoms with Gasteiger partial charge in [0.05, 0.1) is 9.09 Å². The number of hydrogen-bond acceptors (Lipinski definition) is 1. The maximum atomic E-state index is 13.1. The van der Waals surface area contributed by atoms with Crippen molar-refractivity contribution in [2.24, 2.45) is 7.05 Å². The molecule has 0 fully saturated rings. The summed E-state index contributed by atoms with van der Waals surface area (Å²) in [7, 11) is 1.77. The van der Waals surface area contributed by atoms with Crippen molar-refractivity contribution < 1.29 is 4.39 Å². The highest BCUT2D eigenvalue weighted by Crippen LogP contribution is 2.30. The fourth-order valence-electron chi connectivity index (χ4n) is 2.36. The summed E-state index contributed by atoms with van der Waals surface area (Å²) in [6.07, 6.45) is 0. The van der Waals surface area contributed by atoms with Gasteiger partial charge in [-0.2, -0.15) is 0 Å². The lowest BCUT2D eigenvalue weighted by Gasteiger charge is -2.12. The molecule has 0 spiro atoms. The molecule has 0 radical (unpaired) electrons. The molecule has 1 heterocycles. The second-order valence-corrected chi connectivity index (χ2v) is 5.66. The van der Waals surface area contributed by atoms with Gasteiger partial charge in [-0.15, -0.1) is 0 Å². The maximum absolute atomic E-state index is 13.1. The molecule has 20 heavy (non-hydrogen) atoms. The van der Waals surface area contributed by atoms with Crippen LogP contribution in [0.1, 0.15) is 0 Å². The van der Waals surface area contributed by atoms with E-state index in [0.29, 0.717) is 3.57 Å². The van der Waals surface area contributed by atoms with E-state index in [1.54, 1.807) is 23.7 Å². The van der Waals surface area contributed by atoms with Gasteiger partial charge in [-0.3, -0.25) is 4.79 Å². The Labute approximate surface area is 129 Å². The Hall–Kier alpha value is -1.69. The molecule has 0 bridgehead atoms. The Kier molecular flexibility index (Phi) is 3.33. The van der Waals surface area contributed by atoms with Crippen LogP contribution >= 0.6 is 22.6 Å². The van der Waals surface area contributed by atoms with Crippen LogP contribution in [0.5, 0.6) is 0 Å². The molecule has 0 aliphatic heterocycles. The second kappa shape index (κ2) is 5.01. The number of halogens is 2. The second-order valence-electron chi connectivity index (χ2n) is 4.58. The number of nitrogens with zero attached hydrogens (tertiary/aromatic N) is 1. The highest BCUT2D eigenvalue weighted by molar-refractivity contribution is 14.1. The van der Waals surface area contributed by atoms with Gasteiger partial charge >= 0.3 is 0 Å². The van der Waals surface area contributed by atoms with E-state index in [2.05, 4.69) is 22.6 Å². The fourth-order valence-corrected chi connectivity index (χ4v) is 3.32. The van der Waals surface area contributed by atoms with Gasteiger partial charge in [0.15, 0.2) is 0 Å². The highest BCUT2D eigenvalue weighted by Gasteiger charge is 2.14. The van der Waals surface area contributed by atoms with Crippen LogP contribution in [0, 0.1) is 9.39 Å². The molecule has 0 saturated heterocycles. The summed E-state index contributed by atoms with van der Waals surface area (Å²) in [6, 6.07) is 14.0. The van der Waals surface area contributed by atoms with Gasteiger partial charge in [0.2, 0.25) is 0 Å². The summed E-state index contributed by atoms with van der Waals surface area (Å²) in [5.41, 5.74) is 2.55. The van der Waals surface area contributed by atoms with Gasteiger partial charge in [0, 0.05) is 18.0 Å². The van der Waals surface area contributed by atoms with E-state index in [4.69, 9.17) is 0 Å². The molecule has 1 aromatic heterocycles. The van der Waals surface area contributed by atoms with E-state index in [0.717, 1.165) is 22.0 Å². The van der Waals surface area contributed by atoms with E-state index < -0.39 is 0 Å². The summed E-state index contributed by atoms with van der Waals surface area (Å²) in [6.45, 7) is 0. The van der Waals surface area contributed by atoms with Crippen molar-refractivity contribution >= 4 is 33.5 Å². The first-order chi connectivity index (χ1) is 9.59. The Morgan fingerprint density at radius 1 is 1.05 bits per heavy atom. The number of para-hydroxylation sites is 1. The van der Waals surface area contributed by atoms with E-state index >= 15 is 0 Å². The molecule has 3 rings (SSSR count). The Morgan fingerprint density at radius 2 is 1.70 bits per heavy atom. The fraction of sp³-hybridized carbons (Fsp3) is 0.0625. The van der Waals surface area contributed by atoms with Crippen LogP contribution in [-0.4, -0.2) is 4.57 Å². The normalized spacial score (nSPS) is 10.9. The van der Waals surface area contributed by atoms with Crippen molar-refractivity contribution in [2.75, 3.05) is 0 Å². The minimum absolute atomic E-state index is 0.0383. The third-order valence-corrected chi connectivity index (χ3v) is 4.38. The van der Waals surface area contributed by atoms with Crippen molar-refractivity contribution in [2.45, 2.75) is 0 Å². The zero-order valence-corrected chi connectivity index (χ0v) is 12.9. The lowest BCUT2D eigenvalue weighted by atomic mass is 10.0. The topological polar surface area (TPSA) is 22.0 Å². The third-order valence-electron chi connectivity index (χ3n) is 3.38. The first-order valence-electron chi connectivity index (χ1n) is 6.13. The van der Waals surface area contributed by atoms with Crippen LogP contribution in [0.2, 0.25) is 0 Å². The van der Waals surface area contributed by atoms with Crippen LogP contribution in [0.25, 0.3) is 22.0 Å². The average molecular weight is 379 g/mol. The summed E-state index contributed by atoms with van der Waals surface area (Å²) in [4.78, 5) is 12.3. The van der Waals surface area contributed by atoms with Crippen LogP contribution < -0.4 is 5.56 Å². The van der Waals surface area contributed by atoms with E-state index in [9.17, 15) is 9.18 Å². The molecule has 0 aliphatic carbocycles. The minimum atomic E-state index is -0.281. The number of fused-ring (bicyclic) bond motifs is 1. The molecule has 0 aliphatic rings. The molecule has 0 N–H and O–H groups in total. The van der Waals surface area contributed by atoms with E-state index in [-0.39, 0.29) is 11.4 Å². The number of benzene rings is 2. The summed E-state index contributed by atoms with van der Waals surface area (Å²) in [5, 5.41) is 0.991. The predicted octanol–water partition coefficient (Wildman–Crippen LogP) is 3.95. The Morgan fingerprint density at radius 3 is 2.40 bits per heavy atom. The Bertz CT molecular complexity index is 853. The average Bonchev–Trinajstić information content (AvgIpc) is 2.47. The van der Waals surface area contributed by atoms with Gasteiger partial charge in [-0.25, -0.2) is 4.39 Å². The van der Waals surface area contributed by atoms with Crippen molar-refractivity contribution in [1.82, 2.24) is 4.57 Å². The molecule has 3 aromatic rings. The maximum Gasteiger partial charge on any atom is 0.264 e. The highest BCUT2D eigenvalue weighted by atomic mass is 127.